The maximum absolute atomic E-state index is 11.6. The molecule has 0 amide bonds. The number of rotatable bonds is 5. The average molecular weight is 385 g/mol. The van der Waals surface area contributed by atoms with Gasteiger partial charge in [0.2, 0.25) is 10.0 Å². The highest BCUT2D eigenvalue weighted by atomic mass is 32.2. The van der Waals surface area contributed by atoms with Gasteiger partial charge in [0.15, 0.2) is 0 Å². The molecule has 7 nitrogen and oxygen atoms in total. The molecular formula is C19H23N5O2S. The monoisotopic (exact) mass is 385 g/mol. The van der Waals surface area contributed by atoms with Crippen LogP contribution in [0.2, 0.25) is 0 Å². The van der Waals surface area contributed by atoms with Crippen LogP contribution in [0.1, 0.15) is 18.4 Å². The van der Waals surface area contributed by atoms with Gasteiger partial charge in [0.1, 0.15) is 0 Å². The van der Waals surface area contributed by atoms with Crippen molar-refractivity contribution in [3.63, 3.8) is 0 Å². The molecule has 2 aromatic carbocycles. The van der Waals surface area contributed by atoms with Gasteiger partial charge in [-0.25, -0.2) is 13.6 Å². The minimum Gasteiger partial charge on any atom is -0.381 e. The predicted molar refractivity (Wildman–Crippen MR) is 106 cm³/mol. The molecule has 1 fully saturated rings. The number of aromatic nitrogens is 2. The van der Waals surface area contributed by atoms with Gasteiger partial charge in [-0.15, -0.1) is 0 Å². The zero-order valence-corrected chi connectivity index (χ0v) is 15.7. The molecule has 3 aromatic rings. The van der Waals surface area contributed by atoms with Gasteiger partial charge in [0.05, 0.1) is 16.6 Å². The Morgan fingerprint density at radius 3 is 3.00 bits per heavy atom. The number of nitrogens with zero attached hydrogens (tertiary/aromatic N) is 2. The lowest BCUT2D eigenvalue weighted by atomic mass is 10.0. The topological polar surface area (TPSA) is 104 Å². The maximum atomic E-state index is 11.6. The van der Waals surface area contributed by atoms with Gasteiger partial charge < -0.3 is 5.32 Å². The molecule has 0 radical (unpaired) electrons. The highest BCUT2D eigenvalue weighted by Gasteiger charge is 2.20. The first kappa shape index (κ1) is 18.0. The van der Waals surface area contributed by atoms with Gasteiger partial charge >= 0.3 is 0 Å². The van der Waals surface area contributed by atoms with Crippen LogP contribution < -0.4 is 10.5 Å². The number of sulfonamides is 1. The zero-order chi connectivity index (χ0) is 18.9. The van der Waals surface area contributed by atoms with Crippen molar-refractivity contribution in [3.8, 4) is 0 Å². The maximum Gasteiger partial charge on any atom is 0.238 e. The summed E-state index contributed by atoms with van der Waals surface area (Å²) in [5, 5.41) is 17.0. The van der Waals surface area contributed by atoms with Crippen LogP contribution in [-0.2, 0) is 16.6 Å². The third-order valence-corrected chi connectivity index (χ3v) is 5.86. The molecule has 27 heavy (non-hydrogen) atoms. The van der Waals surface area contributed by atoms with Gasteiger partial charge in [0.25, 0.3) is 0 Å². The summed E-state index contributed by atoms with van der Waals surface area (Å²) in [6.45, 7) is 2.61. The molecule has 1 aromatic heterocycles. The van der Waals surface area contributed by atoms with E-state index in [1.54, 1.807) is 12.1 Å². The van der Waals surface area contributed by atoms with Crippen molar-refractivity contribution in [2.24, 2.45) is 5.14 Å². The van der Waals surface area contributed by atoms with Gasteiger partial charge in [-0.3, -0.25) is 10.00 Å². The van der Waals surface area contributed by atoms with E-state index in [4.69, 9.17) is 5.14 Å². The predicted octanol–water partition coefficient (Wildman–Crippen LogP) is 2.29. The number of hydrogen-bond donors (Lipinski definition) is 3. The van der Waals surface area contributed by atoms with Crippen LogP contribution in [0.4, 0.5) is 5.69 Å². The molecule has 2 heterocycles. The fourth-order valence-corrected chi connectivity index (χ4v) is 4.25. The van der Waals surface area contributed by atoms with Crippen molar-refractivity contribution in [2.45, 2.75) is 30.3 Å². The largest absolute Gasteiger partial charge is 0.381 e. The number of aromatic amines is 1. The number of piperidine rings is 1. The van der Waals surface area contributed by atoms with Crippen molar-refractivity contribution < 1.29 is 8.42 Å². The van der Waals surface area contributed by atoms with Crippen LogP contribution in [0.25, 0.3) is 10.9 Å². The standard InChI is InChI=1S/C19H23N5O2S/c20-27(25,26)18-5-1-3-14(9-18)12-24-8-2-4-17(13-24)22-16-6-7-19-15(10-16)11-21-23-19/h1,3,5-7,9-11,17,22H,2,4,8,12-13H2,(H,21,23)(H2,20,25,26)/t17-/m0/s1. The minimum atomic E-state index is -3.67. The fourth-order valence-electron chi connectivity index (χ4n) is 3.66. The Bertz CT molecular complexity index is 1050. The summed E-state index contributed by atoms with van der Waals surface area (Å²) >= 11 is 0. The summed E-state index contributed by atoms with van der Waals surface area (Å²) in [5.74, 6) is 0. The molecule has 0 spiro atoms. The summed E-state index contributed by atoms with van der Waals surface area (Å²) in [6.07, 6.45) is 4.03. The number of anilines is 1. The lowest BCUT2D eigenvalue weighted by Gasteiger charge is -2.33. The van der Waals surface area contributed by atoms with Crippen molar-refractivity contribution in [1.82, 2.24) is 15.1 Å². The van der Waals surface area contributed by atoms with Crippen LogP contribution in [0.5, 0.6) is 0 Å². The Hall–Kier alpha value is -2.42. The van der Waals surface area contributed by atoms with E-state index in [1.165, 1.54) is 6.07 Å². The minimum absolute atomic E-state index is 0.167. The number of fused-ring (bicyclic) bond motifs is 1. The first-order valence-electron chi connectivity index (χ1n) is 9.01. The second-order valence-corrected chi connectivity index (χ2v) is 8.64. The van der Waals surface area contributed by atoms with E-state index in [2.05, 4.69) is 32.5 Å². The summed E-state index contributed by atoms with van der Waals surface area (Å²) in [4.78, 5) is 2.51. The van der Waals surface area contributed by atoms with Gasteiger partial charge in [0, 0.05) is 30.2 Å². The molecule has 1 atom stereocenters. The second-order valence-electron chi connectivity index (χ2n) is 7.08. The van der Waals surface area contributed by atoms with Crippen LogP contribution in [0, 0.1) is 0 Å². The third kappa shape index (κ3) is 4.29. The van der Waals surface area contributed by atoms with Crippen molar-refractivity contribution in [1.29, 1.82) is 0 Å². The molecule has 4 N–H and O–H groups in total. The highest BCUT2D eigenvalue weighted by molar-refractivity contribution is 7.89. The van der Waals surface area contributed by atoms with Crippen molar-refractivity contribution in [2.75, 3.05) is 18.4 Å². The van der Waals surface area contributed by atoms with Crippen LogP contribution in [0.15, 0.2) is 53.6 Å². The quantitative estimate of drug-likeness (QED) is 0.625. The number of nitrogens with two attached hydrogens (primary N) is 1. The van der Waals surface area contributed by atoms with Crippen molar-refractivity contribution >= 4 is 26.6 Å². The summed E-state index contributed by atoms with van der Waals surface area (Å²) in [7, 11) is -3.67. The van der Waals surface area contributed by atoms with E-state index in [0.717, 1.165) is 48.1 Å². The van der Waals surface area contributed by atoms with E-state index in [-0.39, 0.29) is 4.90 Å². The number of hydrogen-bond acceptors (Lipinski definition) is 5. The Morgan fingerprint density at radius 1 is 1.26 bits per heavy atom. The lowest BCUT2D eigenvalue weighted by Crippen LogP contribution is -2.41. The molecule has 0 saturated carbocycles. The molecule has 0 bridgehead atoms. The van der Waals surface area contributed by atoms with Crippen LogP contribution in [0.3, 0.4) is 0 Å². The number of H-pyrrole nitrogens is 1. The Labute approximate surface area is 158 Å². The SMILES string of the molecule is NS(=O)(=O)c1cccc(CN2CCC[C@H](Nc3ccc4[nH]ncc4c3)C2)c1. The number of benzene rings is 2. The molecule has 8 heteroatoms. The molecule has 142 valence electrons. The first-order valence-corrected chi connectivity index (χ1v) is 10.6. The van der Waals surface area contributed by atoms with E-state index in [0.29, 0.717) is 12.6 Å². The first-order chi connectivity index (χ1) is 13.0. The van der Waals surface area contributed by atoms with Crippen molar-refractivity contribution in [3.05, 3.63) is 54.2 Å². The summed E-state index contributed by atoms with van der Waals surface area (Å²) in [5.41, 5.74) is 3.08. The Balaban J connectivity index is 1.42. The number of likely N-dealkylation sites (tertiary alicyclic amines) is 1. The zero-order valence-electron chi connectivity index (χ0n) is 14.9. The molecule has 1 aliphatic heterocycles. The number of primary sulfonamides is 1. The van der Waals surface area contributed by atoms with E-state index in [1.807, 2.05) is 18.3 Å². The average Bonchev–Trinajstić information content (AvgIpc) is 3.09. The molecule has 0 unspecified atom stereocenters. The molecule has 0 aliphatic carbocycles. The smallest absolute Gasteiger partial charge is 0.238 e. The third-order valence-electron chi connectivity index (χ3n) is 4.95. The number of nitrogens with one attached hydrogen (secondary N) is 2. The Morgan fingerprint density at radius 2 is 2.15 bits per heavy atom. The Kier molecular flexibility index (Phi) is 4.86. The molecule has 4 rings (SSSR count). The molecule has 1 aliphatic rings. The van der Waals surface area contributed by atoms with E-state index in [9.17, 15) is 8.42 Å². The van der Waals surface area contributed by atoms with Crippen LogP contribution >= 0.6 is 0 Å². The van der Waals surface area contributed by atoms with Gasteiger partial charge in [-0.1, -0.05) is 12.1 Å². The van der Waals surface area contributed by atoms with E-state index >= 15 is 0 Å². The normalized spacial score (nSPS) is 18.6. The summed E-state index contributed by atoms with van der Waals surface area (Å²) in [6, 6.07) is 13.4. The molecular weight excluding hydrogens is 362 g/mol. The van der Waals surface area contributed by atoms with Crippen LogP contribution in [-0.4, -0.2) is 42.6 Å². The lowest BCUT2D eigenvalue weighted by molar-refractivity contribution is 0.208. The highest BCUT2D eigenvalue weighted by Crippen LogP contribution is 2.21. The summed E-state index contributed by atoms with van der Waals surface area (Å²) < 4.78 is 23.1. The van der Waals surface area contributed by atoms with Gasteiger partial charge in [-0.05, 0) is 55.3 Å². The second kappa shape index (κ2) is 7.30. The van der Waals surface area contributed by atoms with Gasteiger partial charge in [-0.2, -0.15) is 5.10 Å². The van der Waals surface area contributed by atoms with E-state index < -0.39 is 10.0 Å². The fraction of sp³-hybridized carbons (Fsp3) is 0.316. The molecule has 1 saturated heterocycles.